The van der Waals surface area contributed by atoms with Gasteiger partial charge < -0.3 is 4.74 Å². The van der Waals surface area contributed by atoms with Crippen molar-refractivity contribution in [1.29, 1.82) is 5.26 Å². The number of rotatable bonds is 3. The predicted octanol–water partition coefficient (Wildman–Crippen LogP) is 1.78. The Morgan fingerprint density at radius 3 is 2.50 bits per heavy atom. The van der Waals surface area contributed by atoms with Crippen molar-refractivity contribution in [3.8, 4) is 6.07 Å². The highest BCUT2D eigenvalue weighted by Gasteiger charge is 1.61. The molecule has 0 aliphatic rings. The van der Waals surface area contributed by atoms with E-state index in [9.17, 15) is 0 Å². The number of allylic oxidation sites excluding steroid dienone is 5. The molecule has 0 unspecified atom stereocenters. The summed E-state index contributed by atoms with van der Waals surface area (Å²) in [7, 11) is 1.58. The van der Waals surface area contributed by atoms with E-state index >= 15 is 0 Å². The largest absolute Gasteiger partial charge is 0.504 e. The summed E-state index contributed by atoms with van der Waals surface area (Å²) in [6.07, 6.45) is 9.87. The molecule has 0 radical (unpaired) electrons. The van der Waals surface area contributed by atoms with Gasteiger partial charge in [-0.05, 0) is 6.08 Å². The molecule has 0 aromatic carbocycles. The third kappa shape index (κ3) is 6.51. The van der Waals surface area contributed by atoms with Crippen LogP contribution < -0.4 is 0 Å². The molecule has 0 spiro atoms. The number of nitriles is 1. The van der Waals surface area contributed by atoms with Crippen molar-refractivity contribution in [1.82, 2.24) is 0 Å². The summed E-state index contributed by atoms with van der Waals surface area (Å²) in [5.41, 5.74) is 0. The average molecular weight is 135 g/mol. The van der Waals surface area contributed by atoms with E-state index in [1.54, 1.807) is 37.7 Å². The lowest BCUT2D eigenvalue weighted by Gasteiger charge is -1.79. The topological polar surface area (TPSA) is 33.0 Å². The van der Waals surface area contributed by atoms with Crippen LogP contribution in [0.4, 0.5) is 0 Å². The summed E-state index contributed by atoms with van der Waals surface area (Å²) in [5, 5.41) is 8.06. The summed E-state index contributed by atoms with van der Waals surface area (Å²) in [6, 6.07) is 1.87. The Morgan fingerprint density at radius 2 is 1.90 bits per heavy atom. The molecule has 2 nitrogen and oxygen atoms in total. The van der Waals surface area contributed by atoms with Crippen LogP contribution in [0.15, 0.2) is 36.6 Å². The van der Waals surface area contributed by atoms with Gasteiger partial charge in [-0.1, -0.05) is 18.2 Å². The normalized spacial score (nSPS) is 11.2. The number of methoxy groups -OCH3 is 1. The Balaban J connectivity index is 3.49. The lowest BCUT2D eigenvalue weighted by atomic mass is 10.4. The minimum Gasteiger partial charge on any atom is -0.504 e. The summed E-state index contributed by atoms with van der Waals surface area (Å²) < 4.78 is 4.63. The van der Waals surface area contributed by atoms with Crippen molar-refractivity contribution in [3.05, 3.63) is 36.6 Å². The molecule has 0 saturated heterocycles. The first-order chi connectivity index (χ1) is 4.91. The Morgan fingerprint density at radius 1 is 1.20 bits per heavy atom. The molecule has 0 bridgehead atoms. The summed E-state index contributed by atoms with van der Waals surface area (Å²) in [5.74, 6) is 0. The van der Waals surface area contributed by atoms with E-state index in [1.807, 2.05) is 6.07 Å². The fourth-order valence-electron chi connectivity index (χ4n) is 0.351. The molecule has 0 heterocycles. The Hall–Kier alpha value is -1.49. The third-order valence-corrected chi connectivity index (χ3v) is 0.719. The van der Waals surface area contributed by atoms with E-state index in [4.69, 9.17) is 5.26 Å². The van der Waals surface area contributed by atoms with Crippen LogP contribution in [0.3, 0.4) is 0 Å². The highest BCUT2D eigenvalue weighted by atomic mass is 16.5. The fraction of sp³-hybridized carbons (Fsp3) is 0.125. The summed E-state index contributed by atoms with van der Waals surface area (Å²) in [6.45, 7) is 0. The van der Waals surface area contributed by atoms with Gasteiger partial charge in [0.05, 0.1) is 19.4 Å². The zero-order valence-corrected chi connectivity index (χ0v) is 5.82. The summed E-state index contributed by atoms with van der Waals surface area (Å²) in [4.78, 5) is 0. The molecule has 0 N–H and O–H groups in total. The minimum absolute atomic E-state index is 1.40. The van der Waals surface area contributed by atoms with Crippen LogP contribution in [-0.4, -0.2) is 7.11 Å². The molecule has 0 aromatic rings. The molecule has 0 saturated carbocycles. The van der Waals surface area contributed by atoms with Gasteiger partial charge in [-0.25, -0.2) is 0 Å². The second kappa shape index (κ2) is 7.51. The molecular weight excluding hydrogens is 126 g/mol. The van der Waals surface area contributed by atoms with E-state index in [0.717, 1.165) is 0 Å². The van der Waals surface area contributed by atoms with Crippen LogP contribution >= 0.6 is 0 Å². The maximum atomic E-state index is 8.06. The van der Waals surface area contributed by atoms with E-state index in [0.29, 0.717) is 0 Å². The second-order valence-corrected chi connectivity index (χ2v) is 1.44. The molecule has 0 rings (SSSR count). The fourth-order valence-corrected chi connectivity index (χ4v) is 0.351. The SMILES string of the molecule is CO\C=C/C=C\C=C/C#N. The maximum Gasteiger partial charge on any atom is 0.0912 e. The molecule has 10 heavy (non-hydrogen) atoms. The van der Waals surface area contributed by atoms with E-state index < -0.39 is 0 Å². The average Bonchev–Trinajstić information content (AvgIpc) is 1.97. The monoisotopic (exact) mass is 135 g/mol. The first-order valence-corrected chi connectivity index (χ1v) is 2.82. The van der Waals surface area contributed by atoms with Gasteiger partial charge in [-0.2, -0.15) is 5.26 Å². The van der Waals surface area contributed by atoms with Crippen LogP contribution in [-0.2, 0) is 4.74 Å². The summed E-state index contributed by atoms with van der Waals surface area (Å²) >= 11 is 0. The van der Waals surface area contributed by atoms with Crippen molar-refractivity contribution >= 4 is 0 Å². The Kier molecular flexibility index (Phi) is 6.39. The zero-order valence-electron chi connectivity index (χ0n) is 5.82. The lowest BCUT2D eigenvalue weighted by Crippen LogP contribution is -1.60. The maximum absolute atomic E-state index is 8.06. The first kappa shape index (κ1) is 8.51. The van der Waals surface area contributed by atoms with Crippen LogP contribution in [0.5, 0.6) is 0 Å². The van der Waals surface area contributed by atoms with Gasteiger partial charge in [0.1, 0.15) is 0 Å². The van der Waals surface area contributed by atoms with Crippen molar-refractivity contribution in [2.45, 2.75) is 0 Å². The van der Waals surface area contributed by atoms with E-state index in [1.165, 1.54) is 6.08 Å². The smallest absolute Gasteiger partial charge is 0.0912 e. The van der Waals surface area contributed by atoms with Gasteiger partial charge in [0.25, 0.3) is 0 Å². The Bertz CT molecular complexity index is 184. The molecule has 0 atom stereocenters. The van der Waals surface area contributed by atoms with Gasteiger partial charge in [0, 0.05) is 6.08 Å². The van der Waals surface area contributed by atoms with Gasteiger partial charge in [-0.3, -0.25) is 0 Å². The Labute approximate surface area is 60.7 Å². The molecule has 0 aliphatic carbocycles. The first-order valence-electron chi connectivity index (χ1n) is 2.82. The number of hydrogen-bond acceptors (Lipinski definition) is 2. The quantitative estimate of drug-likeness (QED) is 0.335. The highest BCUT2D eigenvalue weighted by Crippen LogP contribution is 1.79. The number of nitrogens with zero attached hydrogens (tertiary/aromatic N) is 1. The van der Waals surface area contributed by atoms with Gasteiger partial charge >= 0.3 is 0 Å². The van der Waals surface area contributed by atoms with Crippen LogP contribution in [0.2, 0.25) is 0 Å². The molecule has 52 valence electrons. The molecule has 0 aromatic heterocycles. The molecule has 0 fully saturated rings. The molecule has 0 amide bonds. The van der Waals surface area contributed by atoms with Crippen LogP contribution in [0.1, 0.15) is 0 Å². The molecular formula is C8H9NO. The number of ether oxygens (including phenoxy) is 1. The molecule has 0 aliphatic heterocycles. The van der Waals surface area contributed by atoms with Gasteiger partial charge in [0.2, 0.25) is 0 Å². The van der Waals surface area contributed by atoms with Crippen LogP contribution in [0.25, 0.3) is 0 Å². The van der Waals surface area contributed by atoms with E-state index in [2.05, 4.69) is 4.74 Å². The van der Waals surface area contributed by atoms with Gasteiger partial charge in [-0.15, -0.1) is 0 Å². The third-order valence-electron chi connectivity index (χ3n) is 0.719. The lowest BCUT2D eigenvalue weighted by molar-refractivity contribution is 0.338. The standard InChI is InChI=1S/C8H9NO/c1-10-8-6-4-2-3-5-7-9/h2-6,8H,1H3/b4-2-,5-3-,8-6-. The number of hydrogen-bond donors (Lipinski definition) is 0. The van der Waals surface area contributed by atoms with Crippen LogP contribution in [0, 0.1) is 11.3 Å². The van der Waals surface area contributed by atoms with Crippen molar-refractivity contribution in [2.75, 3.05) is 7.11 Å². The molecule has 2 heteroatoms. The van der Waals surface area contributed by atoms with Crippen molar-refractivity contribution in [2.24, 2.45) is 0 Å². The predicted molar refractivity (Wildman–Crippen MR) is 40.0 cm³/mol. The van der Waals surface area contributed by atoms with Crippen molar-refractivity contribution < 1.29 is 4.74 Å². The van der Waals surface area contributed by atoms with Crippen molar-refractivity contribution in [3.63, 3.8) is 0 Å². The second-order valence-electron chi connectivity index (χ2n) is 1.44. The highest BCUT2D eigenvalue weighted by molar-refractivity contribution is 5.15. The van der Waals surface area contributed by atoms with Gasteiger partial charge in [0.15, 0.2) is 0 Å². The van der Waals surface area contributed by atoms with E-state index in [-0.39, 0.29) is 0 Å². The zero-order chi connectivity index (χ0) is 7.66. The minimum atomic E-state index is 1.40.